The molecule has 3 heterocycles. The number of rotatable bonds is 3. The fraction of sp³-hybridized carbons (Fsp3) is 0.185. The lowest BCUT2D eigenvalue weighted by atomic mass is 9.95. The second-order valence-electron chi connectivity index (χ2n) is 9.02. The Bertz CT molecular complexity index is 1600. The number of nitrogens with zero attached hydrogens (tertiary/aromatic N) is 3. The van der Waals surface area contributed by atoms with E-state index in [9.17, 15) is 18.0 Å². The number of aromatic amines is 1. The van der Waals surface area contributed by atoms with Crippen molar-refractivity contribution in [3.8, 4) is 11.4 Å². The molecule has 6 rings (SSSR count). The summed E-state index contributed by atoms with van der Waals surface area (Å²) in [7, 11) is -3.90. The number of nitrogens with one attached hydrogen (secondary N) is 1. The Morgan fingerprint density at radius 3 is 2.36 bits per heavy atom. The van der Waals surface area contributed by atoms with Gasteiger partial charge >= 0.3 is 0 Å². The maximum Gasteiger partial charge on any atom is 0.253 e. The highest BCUT2D eigenvalue weighted by Gasteiger charge is 2.35. The molecule has 36 heavy (non-hydrogen) atoms. The molecular formula is C27H22N4O4S. The van der Waals surface area contributed by atoms with E-state index in [4.69, 9.17) is 0 Å². The highest BCUT2D eigenvalue weighted by atomic mass is 32.2. The number of carbonyl (C=O) groups is 2. The molecule has 2 aliphatic heterocycles. The van der Waals surface area contributed by atoms with Crippen LogP contribution in [0.3, 0.4) is 0 Å². The van der Waals surface area contributed by atoms with Gasteiger partial charge in [0.25, 0.3) is 5.91 Å². The third kappa shape index (κ3) is 3.63. The van der Waals surface area contributed by atoms with Crippen LogP contribution in [-0.2, 0) is 9.84 Å². The number of hydrogen-bond acceptors (Lipinski definition) is 6. The van der Waals surface area contributed by atoms with E-state index >= 15 is 0 Å². The molecule has 0 saturated carbocycles. The van der Waals surface area contributed by atoms with Gasteiger partial charge in [0.2, 0.25) is 9.84 Å². The SMILES string of the molecule is O=C1c2ccccc2S(=O)(=O)c2cc(C(=O)N3CCC(c4nc(-c5ccccc5)n[nH]4)CC3)ccc21. The summed E-state index contributed by atoms with van der Waals surface area (Å²) in [6.07, 6.45) is 1.43. The average molecular weight is 499 g/mol. The molecule has 4 aromatic rings. The Labute approximate surface area is 207 Å². The number of aromatic nitrogens is 3. The van der Waals surface area contributed by atoms with Gasteiger partial charge in [0, 0.05) is 41.3 Å². The van der Waals surface area contributed by atoms with Gasteiger partial charge < -0.3 is 4.90 Å². The van der Waals surface area contributed by atoms with Gasteiger partial charge in [-0.05, 0) is 43.2 Å². The molecule has 1 fully saturated rings. The number of H-pyrrole nitrogens is 1. The predicted molar refractivity (Wildman–Crippen MR) is 131 cm³/mol. The van der Waals surface area contributed by atoms with Gasteiger partial charge in [-0.3, -0.25) is 14.7 Å². The number of ketones is 1. The van der Waals surface area contributed by atoms with Crippen LogP contribution in [0.15, 0.2) is 82.6 Å². The summed E-state index contributed by atoms with van der Waals surface area (Å²) in [5, 5.41) is 7.38. The van der Waals surface area contributed by atoms with E-state index in [-0.39, 0.29) is 44.1 Å². The van der Waals surface area contributed by atoms with Crippen molar-refractivity contribution in [2.45, 2.75) is 28.6 Å². The highest BCUT2D eigenvalue weighted by molar-refractivity contribution is 7.91. The van der Waals surface area contributed by atoms with Crippen molar-refractivity contribution in [1.29, 1.82) is 0 Å². The van der Waals surface area contributed by atoms with E-state index in [0.29, 0.717) is 31.8 Å². The Hall–Kier alpha value is -4.11. The number of fused-ring (bicyclic) bond motifs is 2. The van der Waals surface area contributed by atoms with E-state index < -0.39 is 9.84 Å². The number of sulfone groups is 1. The summed E-state index contributed by atoms with van der Waals surface area (Å²) in [4.78, 5) is 32.4. The zero-order valence-electron chi connectivity index (χ0n) is 19.2. The lowest BCUT2D eigenvalue weighted by molar-refractivity contribution is 0.0710. The fourth-order valence-electron chi connectivity index (χ4n) is 4.93. The third-order valence-corrected chi connectivity index (χ3v) is 8.74. The van der Waals surface area contributed by atoms with Crippen LogP contribution >= 0.6 is 0 Å². The van der Waals surface area contributed by atoms with Crippen LogP contribution in [0.4, 0.5) is 0 Å². The van der Waals surface area contributed by atoms with Crippen LogP contribution in [0.5, 0.6) is 0 Å². The van der Waals surface area contributed by atoms with Crippen LogP contribution in [0, 0.1) is 0 Å². The molecule has 0 aliphatic carbocycles. The van der Waals surface area contributed by atoms with E-state index in [1.165, 1.54) is 30.3 Å². The van der Waals surface area contributed by atoms with Crippen LogP contribution in [-0.4, -0.2) is 53.3 Å². The molecule has 8 nitrogen and oxygen atoms in total. The second kappa shape index (κ2) is 8.53. The Morgan fingerprint density at radius 2 is 1.58 bits per heavy atom. The van der Waals surface area contributed by atoms with Crippen LogP contribution in [0.25, 0.3) is 11.4 Å². The molecule has 2 aliphatic rings. The highest BCUT2D eigenvalue weighted by Crippen LogP contribution is 2.35. The maximum atomic E-state index is 13.3. The number of benzene rings is 3. The van der Waals surface area contributed by atoms with Crippen LogP contribution in [0.2, 0.25) is 0 Å². The van der Waals surface area contributed by atoms with Crippen molar-refractivity contribution in [2.75, 3.05) is 13.1 Å². The number of amides is 1. The minimum atomic E-state index is -3.90. The van der Waals surface area contributed by atoms with Gasteiger partial charge in [-0.25, -0.2) is 13.4 Å². The number of hydrogen-bond donors (Lipinski definition) is 1. The summed E-state index contributed by atoms with van der Waals surface area (Å²) in [5.41, 5.74) is 1.46. The zero-order chi connectivity index (χ0) is 24.9. The van der Waals surface area contributed by atoms with Crippen molar-refractivity contribution in [2.24, 2.45) is 0 Å². The second-order valence-corrected chi connectivity index (χ2v) is 10.9. The molecule has 1 amide bonds. The smallest absolute Gasteiger partial charge is 0.253 e. The van der Waals surface area contributed by atoms with Gasteiger partial charge in [-0.15, -0.1) is 0 Å². The molecule has 9 heteroatoms. The molecule has 0 atom stereocenters. The van der Waals surface area contributed by atoms with Gasteiger partial charge in [0.05, 0.1) is 9.79 Å². The third-order valence-electron chi connectivity index (χ3n) is 6.89. The Morgan fingerprint density at radius 1 is 0.889 bits per heavy atom. The molecular weight excluding hydrogens is 476 g/mol. The molecule has 1 N–H and O–H groups in total. The van der Waals surface area contributed by atoms with Gasteiger partial charge in [0.15, 0.2) is 11.6 Å². The average Bonchev–Trinajstić information content (AvgIpc) is 3.42. The zero-order valence-corrected chi connectivity index (χ0v) is 20.0. The lowest BCUT2D eigenvalue weighted by Gasteiger charge is -2.31. The summed E-state index contributed by atoms with van der Waals surface area (Å²) in [5.74, 6) is 1.00. The summed E-state index contributed by atoms with van der Waals surface area (Å²) in [6, 6.07) is 20.2. The fourth-order valence-corrected chi connectivity index (χ4v) is 6.61. The monoisotopic (exact) mass is 498 g/mol. The molecule has 0 radical (unpaired) electrons. The molecule has 1 aromatic heterocycles. The van der Waals surface area contributed by atoms with Crippen molar-refractivity contribution in [3.05, 3.63) is 95.3 Å². The first-order valence-electron chi connectivity index (χ1n) is 11.7. The summed E-state index contributed by atoms with van der Waals surface area (Å²) < 4.78 is 26.4. The van der Waals surface area contributed by atoms with Gasteiger partial charge in [-0.2, -0.15) is 5.10 Å². The normalized spacial score (nSPS) is 16.9. The molecule has 1 saturated heterocycles. The number of likely N-dealkylation sites (tertiary alicyclic amines) is 1. The first-order valence-corrected chi connectivity index (χ1v) is 13.2. The van der Waals surface area contributed by atoms with Crippen molar-refractivity contribution in [1.82, 2.24) is 20.1 Å². The molecule has 0 spiro atoms. The molecule has 0 bridgehead atoms. The van der Waals surface area contributed by atoms with E-state index in [2.05, 4.69) is 15.2 Å². The Kier molecular flexibility index (Phi) is 5.30. The van der Waals surface area contributed by atoms with Crippen molar-refractivity contribution >= 4 is 21.5 Å². The maximum absolute atomic E-state index is 13.3. The molecule has 0 unspecified atom stereocenters. The minimum Gasteiger partial charge on any atom is -0.339 e. The van der Waals surface area contributed by atoms with E-state index in [1.54, 1.807) is 17.0 Å². The topological polar surface area (TPSA) is 113 Å². The first kappa shape index (κ1) is 22.4. The van der Waals surface area contributed by atoms with Crippen LogP contribution in [0.1, 0.15) is 50.9 Å². The van der Waals surface area contributed by atoms with E-state index in [1.807, 2.05) is 30.3 Å². The van der Waals surface area contributed by atoms with Crippen LogP contribution < -0.4 is 0 Å². The van der Waals surface area contributed by atoms with E-state index in [0.717, 1.165) is 11.4 Å². The van der Waals surface area contributed by atoms with Gasteiger partial charge in [-0.1, -0.05) is 42.5 Å². The standard InChI is InChI=1S/C27H22N4O4S/c32-24-20-8-4-5-9-22(20)36(34,35)23-16-19(10-11-21(23)24)27(33)31-14-12-18(13-15-31)26-28-25(29-30-26)17-6-2-1-3-7-17/h1-11,16,18H,12-15H2,(H,28,29,30). The lowest BCUT2D eigenvalue weighted by Crippen LogP contribution is -2.38. The van der Waals surface area contributed by atoms with Crippen molar-refractivity contribution in [3.63, 3.8) is 0 Å². The molecule has 180 valence electrons. The number of piperidine rings is 1. The quantitative estimate of drug-likeness (QED) is 0.404. The van der Waals surface area contributed by atoms with Gasteiger partial charge in [0.1, 0.15) is 5.82 Å². The predicted octanol–water partition coefficient (Wildman–Crippen LogP) is 3.87. The minimum absolute atomic E-state index is 0.0187. The van der Waals surface area contributed by atoms with Crippen molar-refractivity contribution < 1.29 is 18.0 Å². The summed E-state index contributed by atoms with van der Waals surface area (Å²) in [6.45, 7) is 1.02. The summed E-state index contributed by atoms with van der Waals surface area (Å²) >= 11 is 0. The number of carbonyl (C=O) groups excluding carboxylic acids is 2. The molecule has 3 aromatic carbocycles. The first-order chi connectivity index (χ1) is 17.4. The largest absolute Gasteiger partial charge is 0.339 e. The Balaban J connectivity index is 1.19.